The minimum absolute atomic E-state index is 0.323. The van der Waals surface area contributed by atoms with Crippen LogP contribution in [0.2, 0.25) is 0 Å². The summed E-state index contributed by atoms with van der Waals surface area (Å²) in [5.41, 5.74) is 1.72. The van der Waals surface area contributed by atoms with Gasteiger partial charge in [0.05, 0.1) is 6.61 Å². The molecule has 0 N–H and O–H groups in total. The van der Waals surface area contributed by atoms with Gasteiger partial charge in [-0.2, -0.15) is 0 Å². The summed E-state index contributed by atoms with van der Waals surface area (Å²) in [6.07, 6.45) is 0. The van der Waals surface area contributed by atoms with Crippen molar-refractivity contribution < 1.29 is 27.9 Å². The van der Waals surface area contributed by atoms with Crippen molar-refractivity contribution in [2.75, 3.05) is 0 Å². The van der Waals surface area contributed by atoms with Crippen LogP contribution in [0.25, 0.3) is 0 Å². The van der Waals surface area contributed by atoms with Crippen molar-refractivity contribution in [3.8, 4) is 5.75 Å². The van der Waals surface area contributed by atoms with E-state index in [1.54, 1.807) is 18.2 Å². The second-order valence-electron chi connectivity index (χ2n) is 6.00. The largest absolute Gasteiger partial charge is 0.576 e. The van der Waals surface area contributed by atoms with Crippen LogP contribution in [0, 0.1) is 0 Å². The number of benzene rings is 2. The van der Waals surface area contributed by atoms with Gasteiger partial charge in [-0.15, -0.1) is 0 Å². The molecule has 1 radical (unpaired) electrons. The fourth-order valence-electron chi connectivity index (χ4n) is 2.66. The van der Waals surface area contributed by atoms with Crippen LogP contribution in [-0.4, -0.2) is 21.2 Å². The van der Waals surface area contributed by atoms with Crippen LogP contribution in [0.15, 0.2) is 48.5 Å². The van der Waals surface area contributed by atoms with Crippen LogP contribution in [0.3, 0.4) is 0 Å². The summed E-state index contributed by atoms with van der Waals surface area (Å²) >= 11 is 0. The Kier molecular flexibility index (Phi) is 5.10. The molecule has 7 heteroatoms. The Labute approximate surface area is 153 Å². The standard InChI is InChI=1S/C19H19O6Si/c1-13(20)24-26(25-14(2)21)17-9-10-18-15(11-17)12-22-19(3,23-18)16-7-5-4-6-8-16/h4-11H,12H2,1-3H3. The molecule has 0 fully saturated rings. The Balaban J connectivity index is 1.86. The van der Waals surface area contributed by atoms with E-state index in [4.69, 9.17) is 18.3 Å². The minimum Gasteiger partial charge on any atom is -0.480 e. The molecule has 26 heavy (non-hydrogen) atoms. The highest BCUT2D eigenvalue weighted by Crippen LogP contribution is 2.36. The Morgan fingerprint density at radius 1 is 1.04 bits per heavy atom. The first-order valence-electron chi connectivity index (χ1n) is 8.13. The molecule has 2 aromatic carbocycles. The van der Waals surface area contributed by atoms with Crippen LogP contribution in [-0.2, 0) is 35.6 Å². The van der Waals surface area contributed by atoms with E-state index in [-0.39, 0.29) is 0 Å². The molecular formula is C19H19O6Si. The summed E-state index contributed by atoms with van der Waals surface area (Å²) in [5, 5.41) is 0.634. The van der Waals surface area contributed by atoms with Crippen LogP contribution in [0.1, 0.15) is 31.9 Å². The number of hydrogen-bond donors (Lipinski definition) is 0. The lowest BCUT2D eigenvalue weighted by molar-refractivity contribution is -0.201. The van der Waals surface area contributed by atoms with E-state index >= 15 is 0 Å². The van der Waals surface area contributed by atoms with E-state index in [2.05, 4.69) is 0 Å². The molecule has 0 amide bonds. The fourth-order valence-corrected chi connectivity index (χ4v) is 3.97. The molecule has 0 spiro atoms. The topological polar surface area (TPSA) is 71.1 Å². The Bertz CT molecular complexity index is 806. The molecule has 2 aromatic rings. The summed E-state index contributed by atoms with van der Waals surface area (Å²) < 4.78 is 22.4. The third-order valence-corrected chi connectivity index (χ3v) is 5.60. The molecule has 0 saturated heterocycles. The molecule has 1 aliphatic rings. The molecule has 1 atom stereocenters. The zero-order chi connectivity index (χ0) is 18.7. The number of rotatable bonds is 4. The molecule has 3 rings (SSSR count). The van der Waals surface area contributed by atoms with E-state index in [1.165, 1.54) is 13.8 Å². The predicted molar refractivity (Wildman–Crippen MR) is 94.6 cm³/mol. The highest BCUT2D eigenvalue weighted by atomic mass is 28.3. The van der Waals surface area contributed by atoms with Gasteiger partial charge in [0.25, 0.3) is 11.9 Å². The lowest BCUT2D eigenvalue weighted by atomic mass is 10.1. The SMILES string of the molecule is CC(=O)O[Si](OC(C)=O)c1ccc2c(c1)COC(C)(c1ccccc1)O2. The maximum absolute atomic E-state index is 11.3. The number of fused-ring (bicyclic) bond motifs is 1. The molecule has 0 aromatic heterocycles. The van der Waals surface area contributed by atoms with E-state index in [9.17, 15) is 9.59 Å². The Hall–Kier alpha value is -2.64. The number of hydrogen-bond acceptors (Lipinski definition) is 6. The molecule has 1 unspecified atom stereocenters. The third kappa shape index (κ3) is 3.95. The van der Waals surface area contributed by atoms with Gasteiger partial charge in [0, 0.05) is 37.1 Å². The second kappa shape index (κ2) is 7.31. The first kappa shape index (κ1) is 18.2. The van der Waals surface area contributed by atoms with E-state index in [1.807, 2.05) is 37.3 Å². The summed E-state index contributed by atoms with van der Waals surface area (Å²) in [6, 6.07) is 15.0. The van der Waals surface area contributed by atoms with Gasteiger partial charge in [-0.1, -0.05) is 36.4 Å². The average molecular weight is 371 g/mol. The number of carbonyl (C=O) groups is 2. The van der Waals surface area contributed by atoms with E-state index in [0.717, 1.165) is 11.1 Å². The first-order valence-corrected chi connectivity index (χ1v) is 9.44. The minimum atomic E-state index is -2.24. The summed E-state index contributed by atoms with van der Waals surface area (Å²) in [7, 11) is -2.24. The third-order valence-electron chi connectivity index (χ3n) is 3.88. The zero-order valence-corrected chi connectivity index (χ0v) is 15.8. The molecule has 0 aliphatic carbocycles. The quantitative estimate of drug-likeness (QED) is 0.768. The highest BCUT2D eigenvalue weighted by Gasteiger charge is 2.36. The van der Waals surface area contributed by atoms with Gasteiger partial charge < -0.3 is 18.3 Å². The molecule has 1 aliphatic heterocycles. The molecular weight excluding hydrogens is 352 g/mol. The van der Waals surface area contributed by atoms with Crippen LogP contribution < -0.4 is 9.92 Å². The van der Waals surface area contributed by atoms with Crippen molar-refractivity contribution in [3.63, 3.8) is 0 Å². The van der Waals surface area contributed by atoms with Gasteiger partial charge >= 0.3 is 9.28 Å². The highest BCUT2D eigenvalue weighted by molar-refractivity contribution is 6.64. The van der Waals surface area contributed by atoms with Crippen molar-refractivity contribution in [2.45, 2.75) is 33.2 Å². The predicted octanol–water partition coefficient (Wildman–Crippen LogP) is 2.29. The van der Waals surface area contributed by atoms with Gasteiger partial charge in [-0.05, 0) is 12.1 Å². The lowest BCUT2D eigenvalue weighted by Crippen LogP contribution is -2.41. The van der Waals surface area contributed by atoms with Crippen molar-refractivity contribution in [3.05, 3.63) is 59.7 Å². The average Bonchev–Trinajstić information content (AvgIpc) is 2.61. The molecule has 6 nitrogen and oxygen atoms in total. The van der Waals surface area contributed by atoms with Crippen molar-refractivity contribution in [1.82, 2.24) is 0 Å². The Morgan fingerprint density at radius 3 is 2.31 bits per heavy atom. The first-order chi connectivity index (χ1) is 12.4. The maximum atomic E-state index is 11.3. The molecule has 0 saturated carbocycles. The van der Waals surface area contributed by atoms with Gasteiger partial charge in [-0.25, -0.2) is 0 Å². The second-order valence-corrected chi connectivity index (χ2v) is 7.56. The van der Waals surface area contributed by atoms with Gasteiger partial charge in [0.15, 0.2) is 0 Å². The smallest absolute Gasteiger partial charge is 0.480 e. The van der Waals surface area contributed by atoms with Crippen molar-refractivity contribution >= 4 is 26.4 Å². The molecule has 0 bridgehead atoms. The van der Waals surface area contributed by atoms with Gasteiger partial charge in [0.1, 0.15) is 5.75 Å². The number of ether oxygens (including phenoxy) is 2. The maximum Gasteiger partial charge on any atom is 0.576 e. The van der Waals surface area contributed by atoms with Gasteiger partial charge in [-0.3, -0.25) is 9.59 Å². The summed E-state index contributed by atoms with van der Waals surface area (Å²) in [6.45, 7) is 4.75. The summed E-state index contributed by atoms with van der Waals surface area (Å²) in [5.74, 6) is -1.20. The lowest BCUT2D eigenvalue weighted by Gasteiger charge is -2.36. The van der Waals surface area contributed by atoms with Crippen molar-refractivity contribution in [1.29, 1.82) is 0 Å². The van der Waals surface area contributed by atoms with Crippen molar-refractivity contribution in [2.24, 2.45) is 0 Å². The van der Waals surface area contributed by atoms with Crippen LogP contribution >= 0.6 is 0 Å². The molecule has 135 valence electrons. The zero-order valence-electron chi connectivity index (χ0n) is 14.8. The van der Waals surface area contributed by atoms with Crippen LogP contribution in [0.4, 0.5) is 0 Å². The summed E-state index contributed by atoms with van der Waals surface area (Å²) in [4.78, 5) is 22.6. The normalized spacial score (nSPS) is 18.6. The van der Waals surface area contributed by atoms with E-state index < -0.39 is 27.0 Å². The van der Waals surface area contributed by atoms with Crippen LogP contribution in [0.5, 0.6) is 5.75 Å². The van der Waals surface area contributed by atoms with Gasteiger partial charge in [0.2, 0.25) is 5.79 Å². The van der Waals surface area contributed by atoms with E-state index in [0.29, 0.717) is 17.5 Å². The number of carbonyl (C=O) groups excluding carboxylic acids is 2. The monoisotopic (exact) mass is 371 g/mol. The fraction of sp³-hybridized carbons (Fsp3) is 0.263. The Morgan fingerprint density at radius 2 is 1.69 bits per heavy atom. The molecule has 1 heterocycles.